The van der Waals surface area contributed by atoms with Crippen molar-refractivity contribution in [3.63, 3.8) is 0 Å². The maximum atomic E-state index is 8.90. The highest BCUT2D eigenvalue weighted by Gasteiger charge is 2.02. The van der Waals surface area contributed by atoms with Gasteiger partial charge in [-0.3, -0.25) is 4.90 Å². The van der Waals surface area contributed by atoms with Gasteiger partial charge in [-0.1, -0.05) is 30.3 Å². The Balaban J connectivity index is 1.79. The third kappa shape index (κ3) is 13.2. The molecular formula is C19H33NO6. The average Bonchev–Trinajstić information content (AvgIpc) is 2.66. The smallest absolute Gasteiger partial charge is 0.0718 e. The van der Waals surface area contributed by atoms with Crippen LogP contribution in [0.2, 0.25) is 0 Å². The summed E-state index contributed by atoms with van der Waals surface area (Å²) in [7, 11) is 0. The van der Waals surface area contributed by atoms with Crippen LogP contribution in [0.1, 0.15) is 5.56 Å². The van der Waals surface area contributed by atoms with E-state index in [0.29, 0.717) is 72.5 Å². The third-order valence-corrected chi connectivity index (χ3v) is 3.61. The van der Waals surface area contributed by atoms with Gasteiger partial charge in [0.25, 0.3) is 0 Å². The zero-order valence-corrected chi connectivity index (χ0v) is 15.6. The largest absolute Gasteiger partial charge is 0.395 e. The van der Waals surface area contributed by atoms with Crippen molar-refractivity contribution in [2.24, 2.45) is 0 Å². The molecule has 0 spiro atoms. The molecule has 1 rings (SSSR count). The second kappa shape index (κ2) is 17.4. The Morgan fingerprint density at radius 3 is 1.65 bits per heavy atom. The minimum absolute atomic E-state index is 0.0837. The predicted molar refractivity (Wildman–Crippen MR) is 99.2 cm³/mol. The first-order valence-electron chi connectivity index (χ1n) is 9.15. The zero-order chi connectivity index (χ0) is 18.7. The van der Waals surface area contributed by atoms with E-state index in [1.54, 1.807) is 0 Å². The van der Waals surface area contributed by atoms with Gasteiger partial charge in [-0.25, -0.2) is 0 Å². The molecule has 2 N–H and O–H groups in total. The summed E-state index contributed by atoms with van der Waals surface area (Å²) in [6.07, 6.45) is 0. The third-order valence-electron chi connectivity index (χ3n) is 3.61. The second-order valence-corrected chi connectivity index (χ2v) is 5.66. The van der Waals surface area contributed by atoms with E-state index >= 15 is 0 Å². The molecule has 0 unspecified atom stereocenters. The van der Waals surface area contributed by atoms with E-state index in [-0.39, 0.29) is 13.2 Å². The van der Waals surface area contributed by atoms with Crippen molar-refractivity contribution < 1.29 is 29.2 Å². The maximum absolute atomic E-state index is 8.90. The predicted octanol–water partition coefficient (Wildman–Crippen LogP) is 0.540. The van der Waals surface area contributed by atoms with Crippen molar-refractivity contribution in [1.82, 2.24) is 4.90 Å². The molecule has 150 valence electrons. The number of benzene rings is 1. The monoisotopic (exact) mass is 371 g/mol. The highest BCUT2D eigenvalue weighted by atomic mass is 16.6. The van der Waals surface area contributed by atoms with Gasteiger partial charge in [0.15, 0.2) is 0 Å². The van der Waals surface area contributed by atoms with E-state index in [2.05, 4.69) is 0 Å². The number of nitrogens with zero attached hydrogens (tertiary/aromatic N) is 1. The standard InChI is InChI=1S/C19H33NO6/c21-9-6-20(7-10-22)8-11-23-12-13-24-14-15-25-16-17-26-18-19-4-2-1-3-5-19/h1-5,21-22H,6-18H2. The van der Waals surface area contributed by atoms with Crippen LogP contribution in [0.4, 0.5) is 0 Å². The first-order chi connectivity index (χ1) is 12.9. The normalized spacial score (nSPS) is 11.3. The fourth-order valence-electron chi connectivity index (χ4n) is 2.24. The summed E-state index contributed by atoms with van der Waals surface area (Å²) in [6, 6.07) is 10.1. The van der Waals surface area contributed by atoms with Gasteiger partial charge in [0.05, 0.1) is 66.1 Å². The van der Waals surface area contributed by atoms with Crippen molar-refractivity contribution in [3.05, 3.63) is 35.9 Å². The van der Waals surface area contributed by atoms with E-state index in [1.165, 1.54) is 0 Å². The Labute approximate surface area is 156 Å². The lowest BCUT2D eigenvalue weighted by atomic mass is 10.2. The molecule has 0 heterocycles. The molecule has 0 aliphatic rings. The van der Waals surface area contributed by atoms with Crippen LogP contribution in [0.5, 0.6) is 0 Å². The molecule has 7 heteroatoms. The van der Waals surface area contributed by atoms with E-state index < -0.39 is 0 Å². The molecule has 0 fully saturated rings. The summed E-state index contributed by atoms with van der Waals surface area (Å²) in [5.41, 5.74) is 1.16. The summed E-state index contributed by atoms with van der Waals surface area (Å²) < 4.78 is 21.9. The number of aliphatic hydroxyl groups is 2. The summed E-state index contributed by atoms with van der Waals surface area (Å²) in [6.45, 7) is 6.34. The van der Waals surface area contributed by atoms with E-state index in [4.69, 9.17) is 29.2 Å². The molecule has 0 aromatic heterocycles. The van der Waals surface area contributed by atoms with Gasteiger partial charge in [0.1, 0.15) is 0 Å². The molecule has 0 saturated carbocycles. The van der Waals surface area contributed by atoms with E-state index in [9.17, 15) is 0 Å². The lowest BCUT2D eigenvalue weighted by Gasteiger charge is -2.19. The fraction of sp³-hybridized carbons (Fsp3) is 0.684. The molecule has 0 amide bonds. The Hall–Kier alpha value is -1.06. The quantitative estimate of drug-likeness (QED) is 0.365. The molecule has 0 saturated heterocycles. The van der Waals surface area contributed by atoms with Crippen LogP contribution in [0.3, 0.4) is 0 Å². The van der Waals surface area contributed by atoms with Gasteiger partial charge in [0.2, 0.25) is 0 Å². The molecule has 0 aliphatic heterocycles. The zero-order valence-electron chi connectivity index (χ0n) is 15.6. The lowest BCUT2D eigenvalue weighted by Crippen LogP contribution is -2.33. The summed E-state index contributed by atoms with van der Waals surface area (Å²) >= 11 is 0. The molecule has 0 bridgehead atoms. The first-order valence-corrected chi connectivity index (χ1v) is 9.15. The number of aliphatic hydroxyl groups excluding tert-OH is 2. The van der Waals surface area contributed by atoms with Crippen LogP contribution < -0.4 is 0 Å². The fourth-order valence-corrected chi connectivity index (χ4v) is 2.24. The molecule has 0 aliphatic carbocycles. The number of hydrogen-bond acceptors (Lipinski definition) is 7. The number of hydrogen-bond donors (Lipinski definition) is 2. The van der Waals surface area contributed by atoms with Gasteiger partial charge < -0.3 is 29.2 Å². The van der Waals surface area contributed by atoms with Crippen molar-refractivity contribution in [2.45, 2.75) is 6.61 Å². The minimum Gasteiger partial charge on any atom is -0.395 e. The second-order valence-electron chi connectivity index (χ2n) is 5.66. The molecular weight excluding hydrogens is 338 g/mol. The first kappa shape index (κ1) is 23.0. The Morgan fingerprint density at radius 2 is 1.12 bits per heavy atom. The highest BCUT2D eigenvalue weighted by molar-refractivity contribution is 5.13. The van der Waals surface area contributed by atoms with Gasteiger partial charge in [-0.2, -0.15) is 0 Å². The van der Waals surface area contributed by atoms with Crippen molar-refractivity contribution >= 4 is 0 Å². The summed E-state index contributed by atoms with van der Waals surface area (Å²) in [5, 5.41) is 17.8. The summed E-state index contributed by atoms with van der Waals surface area (Å²) in [5.74, 6) is 0. The highest BCUT2D eigenvalue weighted by Crippen LogP contribution is 1.99. The minimum atomic E-state index is 0.0837. The number of rotatable bonds is 18. The van der Waals surface area contributed by atoms with Crippen LogP contribution in [0, 0.1) is 0 Å². The van der Waals surface area contributed by atoms with Crippen molar-refractivity contribution in [1.29, 1.82) is 0 Å². The Morgan fingerprint density at radius 1 is 0.615 bits per heavy atom. The molecule has 1 aromatic carbocycles. The maximum Gasteiger partial charge on any atom is 0.0718 e. The SMILES string of the molecule is OCCN(CCO)CCOCCOCCOCCOCc1ccccc1. The topological polar surface area (TPSA) is 80.6 Å². The van der Waals surface area contributed by atoms with Crippen LogP contribution in [-0.2, 0) is 25.6 Å². The van der Waals surface area contributed by atoms with Gasteiger partial charge in [-0.15, -0.1) is 0 Å². The van der Waals surface area contributed by atoms with Crippen LogP contribution in [0.25, 0.3) is 0 Å². The lowest BCUT2D eigenvalue weighted by molar-refractivity contribution is -0.00654. The number of ether oxygens (including phenoxy) is 4. The summed E-state index contributed by atoms with van der Waals surface area (Å²) in [4.78, 5) is 1.95. The van der Waals surface area contributed by atoms with Crippen LogP contribution in [0.15, 0.2) is 30.3 Å². The van der Waals surface area contributed by atoms with E-state index in [1.807, 2.05) is 35.2 Å². The van der Waals surface area contributed by atoms with Gasteiger partial charge in [0, 0.05) is 19.6 Å². The van der Waals surface area contributed by atoms with Gasteiger partial charge in [-0.05, 0) is 5.56 Å². The molecule has 0 atom stereocenters. The van der Waals surface area contributed by atoms with Crippen molar-refractivity contribution in [3.8, 4) is 0 Å². The van der Waals surface area contributed by atoms with Crippen LogP contribution >= 0.6 is 0 Å². The van der Waals surface area contributed by atoms with Crippen molar-refractivity contribution in [2.75, 3.05) is 79.1 Å². The molecule has 7 nitrogen and oxygen atoms in total. The average molecular weight is 371 g/mol. The molecule has 0 radical (unpaired) electrons. The van der Waals surface area contributed by atoms with Crippen LogP contribution in [-0.4, -0.2) is 94.2 Å². The Bertz CT molecular complexity index is 400. The molecule has 26 heavy (non-hydrogen) atoms. The van der Waals surface area contributed by atoms with Gasteiger partial charge >= 0.3 is 0 Å². The Kier molecular flexibility index (Phi) is 15.3. The molecule has 1 aromatic rings. The van der Waals surface area contributed by atoms with E-state index in [0.717, 1.165) is 5.56 Å².